The van der Waals surface area contributed by atoms with Crippen molar-refractivity contribution in [2.75, 3.05) is 4.72 Å². The van der Waals surface area contributed by atoms with Crippen LogP contribution in [-0.4, -0.2) is 24.9 Å². The van der Waals surface area contributed by atoms with E-state index in [9.17, 15) is 21.6 Å². The second kappa shape index (κ2) is 7.43. The summed E-state index contributed by atoms with van der Waals surface area (Å²) in [6.07, 6.45) is -4.27. The van der Waals surface area contributed by atoms with Crippen molar-refractivity contribution in [1.82, 2.24) is 10.1 Å². The van der Waals surface area contributed by atoms with Gasteiger partial charge in [-0.3, -0.25) is 4.72 Å². The summed E-state index contributed by atoms with van der Waals surface area (Å²) in [6.45, 7) is 3.48. The fraction of sp³-hybridized carbons (Fsp3) is 0.250. The molecule has 1 N–H and O–H groups in total. The number of thiophene rings is 1. The lowest BCUT2D eigenvalue weighted by Gasteiger charge is -2.10. The van der Waals surface area contributed by atoms with Crippen molar-refractivity contribution in [3.8, 4) is 16.5 Å². The number of benzene rings is 1. The van der Waals surface area contributed by atoms with Gasteiger partial charge in [0.25, 0.3) is 10.0 Å². The van der Waals surface area contributed by atoms with Gasteiger partial charge in [0, 0.05) is 17.0 Å². The standard InChI is InChI=1S/C16H14F3N3O4S2/c1-3-14-20-15(21-26-14)12-8-13(9(2)27-12)28(23,24)22-10-4-6-11(7-5-10)25-16(17,18)19/h4-8,22H,3H2,1-2H3. The van der Waals surface area contributed by atoms with E-state index in [1.807, 2.05) is 6.92 Å². The summed E-state index contributed by atoms with van der Waals surface area (Å²) >= 11 is 1.19. The first kappa shape index (κ1) is 20.1. The number of aromatic nitrogens is 2. The maximum Gasteiger partial charge on any atom is 0.573 e. The van der Waals surface area contributed by atoms with Gasteiger partial charge in [-0.25, -0.2) is 8.42 Å². The molecular formula is C16H14F3N3O4S2. The number of hydrogen-bond acceptors (Lipinski definition) is 7. The van der Waals surface area contributed by atoms with Crippen LogP contribution in [0.25, 0.3) is 10.7 Å². The minimum absolute atomic E-state index is 0.0194. The van der Waals surface area contributed by atoms with E-state index in [0.717, 1.165) is 12.1 Å². The smallest absolute Gasteiger partial charge is 0.406 e. The zero-order chi connectivity index (χ0) is 20.5. The first-order valence-corrected chi connectivity index (χ1v) is 10.2. The molecule has 0 saturated carbocycles. The van der Waals surface area contributed by atoms with E-state index in [0.29, 0.717) is 27.9 Å². The lowest BCUT2D eigenvalue weighted by atomic mass is 10.3. The number of ether oxygens (including phenoxy) is 1. The van der Waals surface area contributed by atoms with Crippen LogP contribution in [0.15, 0.2) is 39.8 Å². The van der Waals surface area contributed by atoms with E-state index in [2.05, 4.69) is 19.6 Å². The average Bonchev–Trinajstić information content (AvgIpc) is 3.21. The molecule has 0 bridgehead atoms. The van der Waals surface area contributed by atoms with Crippen LogP contribution in [0, 0.1) is 6.92 Å². The summed E-state index contributed by atoms with van der Waals surface area (Å²) in [4.78, 5) is 5.21. The monoisotopic (exact) mass is 433 g/mol. The summed E-state index contributed by atoms with van der Waals surface area (Å²) < 4.78 is 73.0. The van der Waals surface area contributed by atoms with Crippen LogP contribution in [-0.2, 0) is 16.4 Å². The molecule has 2 heterocycles. The van der Waals surface area contributed by atoms with Gasteiger partial charge in [0.05, 0.1) is 4.88 Å². The Kier molecular flexibility index (Phi) is 5.35. The van der Waals surface area contributed by atoms with Crippen molar-refractivity contribution < 1.29 is 30.8 Å². The first-order valence-electron chi connectivity index (χ1n) is 7.89. The van der Waals surface area contributed by atoms with Gasteiger partial charge in [0.2, 0.25) is 11.7 Å². The number of hydrogen-bond donors (Lipinski definition) is 1. The fourth-order valence-corrected chi connectivity index (χ4v) is 4.85. The molecule has 0 amide bonds. The first-order chi connectivity index (χ1) is 13.1. The third-order valence-electron chi connectivity index (χ3n) is 3.49. The molecule has 0 aliphatic heterocycles. The summed E-state index contributed by atoms with van der Waals surface area (Å²) in [5.74, 6) is 0.276. The van der Waals surface area contributed by atoms with Crippen LogP contribution in [0.2, 0.25) is 0 Å². The molecule has 0 atom stereocenters. The second-order valence-electron chi connectivity index (χ2n) is 5.57. The second-order valence-corrected chi connectivity index (χ2v) is 8.48. The minimum atomic E-state index is -4.82. The van der Waals surface area contributed by atoms with Gasteiger partial charge in [-0.2, -0.15) is 4.98 Å². The zero-order valence-electron chi connectivity index (χ0n) is 14.6. The predicted molar refractivity (Wildman–Crippen MR) is 95.7 cm³/mol. The molecule has 3 rings (SSSR count). The number of nitrogens with one attached hydrogen (secondary N) is 1. The molecule has 0 spiro atoms. The van der Waals surface area contributed by atoms with Gasteiger partial charge >= 0.3 is 6.36 Å². The summed E-state index contributed by atoms with van der Waals surface area (Å²) in [5.41, 5.74) is 0.0921. The predicted octanol–water partition coefficient (Wildman–Crippen LogP) is 4.37. The SMILES string of the molecule is CCc1nc(-c2cc(S(=O)(=O)Nc3ccc(OC(F)(F)F)cc3)c(C)s2)no1. The van der Waals surface area contributed by atoms with Crippen molar-refractivity contribution >= 4 is 27.0 Å². The fourth-order valence-electron chi connectivity index (χ4n) is 2.28. The van der Waals surface area contributed by atoms with Crippen LogP contribution in [0.1, 0.15) is 17.7 Å². The molecule has 7 nitrogen and oxygen atoms in total. The Balaban J connectivity index is 1.81. The largest absolute Gasteiger partial charge is 0.573 e. The van der Waals surface area contributed by atoms with Gasteiger partial charge in [-0.05, 0) is 37.3 Å². The number of halogens is 3. The van der Waals surface area contributed by atoms with Crippen molar-refractivity contribution in [3.63, 3.8) is 0 Å². The number of aryl methyl sites for hydroxylation is 2. The van der Waals surface area contributed by atoms with Gasteiger partial charge in [0.1, 0.15) is 10.6 Å². The number of sulfonamides is 1. The highest BCUT2D eigenvalue weighted by molar-refractivity contribution is 7.93. The summed E-state index contributed by atoms with van der Waals surface area (Å²) in [6, 6.07) is 5.81. The third kappa shape index (κ3) is 4.62. The van der Waals surface area contributed by atoms with E-state index in [1.165, 1.54) is 29.5 Å². The van der Waals surface area contributed by atoms with E-state index < -0.39 is 22.1 Å². The maximum absolute atomic E-state index is 12.7. The van der Waals surface area contributed by atoms with Crippen molar-refractivity contribution in [2.24, 2.45) is 0 Å². The Morgan fingerprint density at radius 2 is 1.93 bits per heavy atom. The lowest BCUT2D eigenvalue weighted by molar-refractivity contribution is -0.274. The summed E-state index contributed by atoms with van der Waals surface area (Å²) in [7, 11) is -3.97. The van der Waals surface area contributed by atoms with Crippen molar-refractivity contribution in [1.29, 1.82) is 0 Å². The average molecular weight is 433 g/mol. The number of anilines is 1. The van der Waals surface area contributed by atoms with Crippen LogP contribution in [0.4, 0.5) is 18.9 Å². The third-order valence-corrected chi connectivity index (χ3v) is 6.18. The number of rotatable bonds is 6. The van der Waals surface area contributed by atoms with Gasteiger partial charge in [0.15, 0.2) is 0 Å². The topological polar surface area (TPSA) is 94.3 Å². The molecule has 150 valence electrons. The highest BCUT2D eigenvalue weighted by Gasteiger charge is 2.31. The normalized spacial score (nSPS) is 12.2. The highest BCUT2D eigenvalue weighted by Crippen LogP contribution is 2.33. The minimum Gasteiger partial charge on any atom is -0.406 e. The van der Waals surface area contributed by atoms with Crippen LogP contribution >= 0.6 is 11.3 Å². The lowest BCUT2D eigenvalue weighted by Crippen LogP contribution is -2.17. The molecule has 28 heavy (non-hydrogen) atoms. The number of nitrogens with zero attached hydrogens (tertiary/aromatic N) is 2. The molecule has 12 heteroatoms. The van der Waals surface area contributed by atoms with Gasteiger partial charge in [-0.1, -0.05) is 12.1 Å². The van der Waals surface area contributed by atoms with Crippen molar-refractivity contribution in [2.45, 2.75) is 31.5 Å². The Morgan fingerprint density at radius 3 is 2.50 bits per heavy atom. The quantitative estimate of drug-likeness (QED) is 0.620. The Labute approximate surface area is 162 Å². The molecule has 0 radical (unpaired) electrons. The summed E-state index contributed by atoms with van der Waals surface area (Å²) in [5, 5.41) is 3.82. The molecule has 0 aliphatic carbocycles. The van der Waals surface area contributed by atoms with Crippen LogP contribution in [0.3, 0.4) is 0 Å². The molecule has 3 aromatic rings. The zero-order valence-corrected chi connectivity index (χ0v) is 16.2. The molecular weight excluding hydrogens is 419 g/mol. The van der Waals surface area contributed by atoms with E-state index >= 15 is 0 Å². The van der Waals surface area contributed by atoms with Gasteiger partial charge in [-0.15, -0.1) is 24.5 Å². The molecule has 2 aromatic heterocycles. The van der Waals surface area contributed by atoms with E-state index in [4.69, 9.17) is 4.52 Å². The molecule has 0 fully saturated rings. The van der Waals surface area contributed by atoms with Gasteiger partial charge < -0.3 is 9.26 Å². The van der Waals surface area contributed by atoms with Crippen LogP contribution < -0.4 is 9.46 Å². The van der Waals surface area contributed by atoms with E-state index in [1.54, 1.807) is 6.92 Å². The number of alkyl halides is 3. The van der Waals surface area contributed by atoms with E-state index in [-0.39, 0.29) is 10.6 Å². The molecule has 1 aromatic carbocycles. The Morgan fingerprint density at radius 1 is 1.25 bits per heavy atom. The Bertz CT molecular complexity index is 1070. The molecule has 0 saturated heterocycles. The molecule has 0 unspecified atom stereocenters. The van der Waals surface area contributed by atoms with Crippen molar-refractivity contribution in [3.05, 3.63) is 41.1 Å². The highest BCUT2D eigenvalue weighted by atomic mass is 32.2. The Hall–Kier alpha value is -2.60. The molecule has 0 aliphatic rings. The van der Waals surface area contributed by atoms with Crippen LogP contribution in [0.5, 0.6) is 5.75 Å². The maximum atomic E-state index is 12.7.